The van der Waals surface area contributed by atoms with Crippen LogP contribution in [0.5, 0.6) is 11.8 Å². The molecule has 3 saturated heterocycles. The summed E-state index contributed by atoms with van der Waals surface area (Å²) in [5.74, 6) is 0.998. The van der Waals surface area contributed by atoms with Crippen molar-refractivity contribution in [3.63, 3.8) is 0 Å². The van der Waals surface area contributed by atoms with E-state index in [-0.39, 0.29) is 63.8 Å². The van der Waals surface area contributed by atoms with E-state index in [0.717, 1.165) is 32.2 Å². The van der Waals surface area contributed by atoms with Gasteiger partial charge in [-0.25, -0.2) is 13.2 Å². The summed E-state index contributed by atoms with van der Waals surface area (Å²) in [7, 11) is 0. The molecule has 0 radical (unpaired) electrons. The number of rotatable bonds is 5. The largest absolute Gasteiger partial charge is 0.508 e. The van der Waals surface area contributed by atoms with Crippen LogP contribution in [0.2, 0.25) is 0 Å². The second-order valence-electron chi connectivity index (χ2n) is 12.0. The van der Waals surface area contributed by atoms with Crippen molar-refractivity contribution >= 4 is 33.3 Å². The first kappa shape index (κ1) is 28.3. The number of alkyl halides is 1. The molecule has 4 aromatic rings. The highest BCUT2D eigenvalue weighted by Gasteiger charge is 2.49. The van der Waals surface area contributed by atoms with Crippen molar-refractivity contribution in [2.24, 2.45) is 0 Å². The standard InChI is InChI=1S/C33H30F3N5O3/c1-2-23-26(35)8-7-19-12-22(43)13-24(27(19)23)29-28(36)30-25(15-37-29)31(40-10-4-3-6-21(42)17-40)39-32(38-30)44-18-33-9-5-11-41(33)16-20(34)14-33/h1,7-8,12-13,15,20,43H,3-6,9-11,14,16-18H2/t20-,33+/m1/s1. The number of fused-ring (bicyclic) bond motifs is 3. The Bertz CT molecular complexity index is 1860. The van der Waals surface area contributed by atoms with Crippen molar-refractivity contribution in [3.05, 3.63) is 47.7 Å². The molecule has 0 unspecified atom stereocenters. The molecule has 226 valence electrons. The fourth-order valence-corrected chi connectivity index (χ4v) is 7.09. The molecule has 3 aliphatic rings. The lowest BCUT2D eigenvalue weighted by molar-refractivity contribution is -0.117. The molecule has 0 saturated carbocycles. The molecule has 0 spiro atoms. The van der Waals surface area contributed by atoms with Gasteiger partial charge in [-0.3, -0.25) is 14.7 Å². The number of anilines is 1. The number of hydrogen-bond donors (Lipinski definition) is 1. The van der Waals surface area contributed by atoms with E-state index in [2.05, 4.69) is 25.8 Å². The first-order chi connectivity index (χ1) is 21.3. The quantitative estimate of drug-likeness (QED) is 0.307. The molecule has 2 aromatic carbocycles. The van der Waals surface area contributed by atoms with Crippen LogP contribution >= 0.6 is 0 Å². The van der Waals surface area contributed by atoms with Crippen LogP contribution in [0.4, 0.5) is 19.0 Å². The van der Waals surface area contributed by atoms with Gasteiger partial charge in [-0.15, -0.1) is 6.42 Å². The average molecular weight is 602 g/mol. The van der Waals surface area contributed by atoms with Gasteiger partial charge in [-0.1, -0.05) is 12.0 Å². The summed E-state index contributed by atoms with van der Waals surface area (Å²) >= 11 is 0. The van der Waals surface area contributed by atoms with Crippen LogP contribution in [0.3, 0.4) is 0 Å². The number of aromatic hydroxyl groups is 1. The van der Waals surface area contributed by atoms with Gasteiger partial charge in [0.1, 0.15) is 41.4 Å². The number of ether oxygens (including phenoxy) is 1. The lowest BCUT2D eigenvalue weighted by Gasteiger charge is -2.31. The van der Waals surface area contributed by atoms with E-state index in [4.69, 9.17) is 11.2 Å². The van der Waals surface area contributed by atoms with E-state index in [1.165, 1.54) is 30.5 Å². The number of pyridine rings is 1. The maximum atomic E-state index is 16.7. The van der Waals surface area contributed by atoms with E-state index in [1.54, 1.807) is 4.90 Å². The zero-order valence-electron chi connectivity index (χ0n) is 24.0. The van der Waals surface area contributed by atoms with Crippen LogP contribution in [-0.4, -0.2) is 75.2 Å². The van der Waals surface area contributed by atoms with Gasteiger partial charge in [0.25, 0.3) is 0 Å². The van der Waals surface area contributed by atoms with Gasteiger partial charge < -0.3 is 14.7 Å². The Morgan fingerprint density at radius 3 is 2.86 bits per heavy atom. The molecule has 0 amide bonds. The van der Waals surface area contributed by atoms with Crippen LogP contribution in [0.15, 0.2) is 30.5 Å². The van der Waals surface area contributed by atoms with Crippen LogP contribution < -0.4 is 9.64 Å². The Kier molecular flexibility index (Phi) is 7.04. The van der Waals surface area contributed by atoms with Gasteiger partial charge in [0.05, 0.1) is 23.0 Å². The van der Waals surface area contributed by atoms with Gasteiger partial charge >= 0.3 is 6.01 Å². The summed E-state index contributed by atoms with van der Waals surface area (Å²) in [4.78, 5) is 30.0. The lowest BCUT2D eigenvalue weighted by Crippen LogP contribution is -2.43. The molecule has 8 nitrogen and oxygen atoms in total. The zero-order chi connectivity index (χ0) is 30.6. The molecule has 2 atom stereocenters. The van der Waals surface area contributed by atoms with Gasteiger partial charge in [0.2, 0.25) is 0 Å². The highest BCUT2D eigenvalue weighted by Crippen LogP contribution is 2.41. The number of nitrogens with zero attached hydrogens (tertiary/aromatic N) is 5. The first-order valence-corrected chi connectivity index (χ1v) is 14.8. The maximum absolute atomic E-state index is 16.7. The smallest absolute Gasteiger partial charge is 0.319 e. The molecular weight excluding hydrogens is 571 g/mol. The summed E-state index contributed by atoms with van der Waals surface area (Å²) in [5, 5.41) is 11.4. The zero-order valence-corrected chi connectivity index (χ0v) is 24.0. The summed E-state index contributed by atoms with van der Waals surface area (Å²) in [6, 6.07) is 5.25. The minimum absolute atomic E-state index is 0.0392. The minimum atomic E-state index is -0.948. The van der Waals surface area contributed by atoms with Gasteiger partial charge in [-0.05, 0) is 55.8 Å². The molecule has 3 fully saturated rings. The molecule has 44 heavy (non-hydrogen) atoms. The molecule has 3 aliphatic heterocycles. The number of Topliss-reactive ketones (excluding diaryl/α,β-unsaturated/α-hetero) is 1. The Morgan fingerprint density at radius 2 is 2.02 bits per heavy atom. The van der Waals surface area contributed by atoms with Crippen LogP contribution in [-0.2, 0) is 4.79 Å². The highest BCUT2D eigenvalue weighted by molar-refractivity contribution is 6.03. The number of ketones is 1. The molecule has 0 bridgehead atoms. The monoisotopic (exact) mass is 601 g/mol. The molecule has 7 rings (SSSR count). The van der Waals surface area contributed by atoms with Crippen LogP contribution in [0, 0.1) is 24.0 Å². The third-order valence-electron chi connectivity index (χ3n) is 9.13. The van der Waals surface area contributed by atoms with E-state index in [9.17, 15) is 18.7 Å². The number of halogens is 3. The number of benzene rings is 2. The SMILES string of the molecule is C#Cc1c(F)ccc2cc(O)cc(-c3ncc4c(N5CCCCC(=O)C5)nc(OC[C@@]56CCCN5C[C@H](F)C6)nc4c3F)c12. The van der Waals surface area contributed by atoms with E-state index in [1.807, 2.05) is 0 Å². The van der Waals surface area contributed by atoms with Crippen molar-refractivity contribution in [2.75, 3.05) is 37.7 Å². The summed E-state index contributed by atoms with van der Waals surface area (Å²) < 4.78 is 52.0. The Balaban J connectivity index is 1.39. The van der Waals surface area contributed by atoms with Crippen molar-refractivity contribution in [1.29, 1.82) is 0 Å². The van der Waals surface area contributed by atoms with E-state index < -0.39 is 23.3 Å². The van der Waals surface area contributed by atoms with Crippen molar-refractivity contribution in [2.45, 2.75) is 50.2 Å². The predicted octanol–water partition coefficient (Wildman–Crippen LogP) is 5.32. The average Bonchev–Trinajstić information content (AvgIpc) is 3.43. The lowest BCUT2D eigenvalue weighted by atomic mass is 9.95. The third kappa shape index (κ3) is 4.78. The molecule has 2 aromatic heterocycles. The van der Waals surface area contributed by atoms with Crippen LogP contribution in [0.1, 0.15) is 44.1 Å². The number of terminal acetylenes is 1. The second kappa shape index (κ2) is 10.9. The second-order valence-corrected chi connectivity index (χ2v) is 12.0. The Labute approximate surface area is 251 Å². The molecule has 0 aliphatic carbocycles. The molecule has 1 N–H and O–H groups in total. The van der Waals surface area contributed by atoms with Gasteiger partial charge in [0, 0.05) is 43.1 Å². The summed E-state index contributed by atoms with van der Waals surface area (Å²) in [6.45, 7) is 1.89. The van der Waals surface area contributed by atoms with Crippen molar-refractivity contribution in [3.8, 4) is 35.4 Å². The van der Waals surface area contributed by atoms with Crippen LogP contribution in [0.25, 0.3) is 32.9 Å². The maximum Gasteiger partial charge on any atom is 0.319 e. The van der Waals surface area contributed by atoms with E-state index >= 15 is 4.39 Å². The highest BCUT2D eigenvalue weighted by atomic mass is 19.1. The number of phenols is 1. The molecule has 5 heterocycles. The number of carbonyl (C=O) groups excluding carboxylic acids is 1. The first-order valence-electron chi connectivity index (χ1n) is 14.8. The number of carbonyl (C=O) groups is 1. The fraction of sp³-hybridized carbons (Fsp3) is 0.394. The molecule has 11 heteroatoms. The summed E-state index contributed by atoms with van der Waals surface area (Å²) in [6.07, 6.45) is 10.1. The number of aromatic nitrogens is 3. The molecular formula is C33H30F3N5O3. The predicted molar refractivity (Wildman–Crippen MR) is 159 cm³/mol. The third-order valence-corrected chi connectivity index (χ3v) is 9.13. The van der Waals surface area contributed by atoms with Crippen molar-refractivity contribution in [1.82, 2.24) is 19.9 Å². The Morgan fingerprint density at radius 1 is 1.16 bits per heavy atom. The van der Waals surface area contributed by atoms with Gasteiger partial charge in [-0.2, -0.15) is 9.97 Å². The topological polar surface area (TPSA) is 91.7 Å². The number of phenolic OH excluding ortho intramolecular Hbond substituents is 1. The fourth-order valence-electron chi connectivity index (χ4n) is 7.09. The minimum Gasteiger partial charge on any atom is -0.508 e. The Hall–Kier alpha value is -4.43. The summed E-state index contributed by atoms with van der Waals surface area (Å²) in [5.41, 5.74) is -0.775. The number of hydrogen-bond acceptors (Lipinski definition) is 8. The van der Waals surface area contributed by atoms with E-state index in [0.29, 0.717) is 37.1 Å². The van der Waals surface area contributed by atoms with Crippen molar-refractivity contribution < 1.29 is 27.8 Å². The normalized spacial score (nSPS) is 22.4. The van der Waals surface area contributed by atoms with Gasteiger partial charge in [0.15, 0.2) is 11.6 Å².